The van der Waals surface area contributed by atoms with Gasteiger partial charge in [-0.25, -0.2) is 4.98 Å². The summed E-state index contributed by atoms with van der Waals surface area (Å²) in [5, 5.41) is 3.04. The number of hydrogen-bond donors (Lipinski definition) is 2. The first-order valence-electron chi connectivity index (χ1n) is 9.28. The third-order valence-electron chi connectivity index (χ3n) is 4.44. The molecule has 0 aliphatic rings. The summed E-state index contributed by atoms with van der Waals surface area (Å²) >= 11 is 1.80. The maximum absolute atomic E-state index is 12.6. The number of rotatable bonds is 6. The Morgan fingerprint density at radius 1 is 1.00 bits per heavy atom. The molecule has 0 saturated carbocycles. The zero-order chi connectivity index (χ0) is 19.3. The molecule has 0 aliphatic carbocycles. The summed E-state index contributed by atoms with van der Waals surface area (Å²) in [5.74, 6) is 1.75. The molecule has 4 nitrogen and oxygen atoms in total. The molecule has 4 aromatic rings. The van der Waals surface area contributed by atoms with E-state index in [0.717, 1.165) is 39.4 Å². The standard InChI is InChI=1S/C23H21N3OS/c1-2-28-17-13-11-16(12-14-17)15-22(27)24-19-8-4-3-7-18(19)23-25-20-9-5-6-10-21(20)26-23/h3-14H,2,15H2,1H3,(H,24,27)(H,25,26). The summed E-state index contributed by atoms with van der Waals surface area (Å²) < 4.78 is 0. The van der Waals surface area contributed by atoms with Gasteiger partial charge in [-0.05, 0) is 47.7 Å². The van der Waals surface area contributed by atoms with Crippen molar-refractivity contribution in [2.24, 2.45) is 0 Å². The zero-order valence-corrected chi connectivity index (χ0v) is 16.4. The Labute approximate surface area is 168 Å². The Balaban J connectivity index is 1.52. The number of carbonyl (C=O) groups is 1. The van der Waals surface area contributed by atoms with E-state index in [4.69, 9.17) is 0 Å². The molecule has 28 heavy (non-hydrogen) atoms. The molecule has 1 amide bonds. The van der Waals surface area contributed by atoms with Gasteiger partial charge in [0, 0.05) is 10.5 Å². The lowest BCUT2D eigenvalue weighted by atomic mass is 10.1. The SMILES string of the molecule is CCSc1ccc(CC(=O)Nc2ccccc2-c2nc3ccccc3[nH]2)cc1. The number of amides is 1. The van der Waals surface area contributed by atoms with Crippen LogP contribution in [0.15, 0.2) is 77.7 Å². The number of imidazole rings is 1. The fourth-order valence-corrected chi connectivity index (χ4v) is 3.79. The number of aromatic amines is 1. The predicted octanol–water partition coefficient (Wildman–Crippen LogP) is 5.52. The van der Waals surface area contributed by atoms with Gasteiger partial charge in [-0.2, -0.15) is 0 Å². The smallest absolute Gasteiger partial charge is 0.228 e. The molecular weight excluding hydrogens is 366 g/mol. The second-order valence-electron chi connectivity index (χ2n) is 6.45. The van der Waals surface area contributed by atoms with Crippen LogP contribution >= 0.6 is 11.8 Å². The fraction of sp³-hybridized carbons (Fsp3) is 0.130. The molecule has 0 fully saturated rings. The van der Waals surface area contributed by atoms with Gasteiger partial charge in [-0.15, -0.1) is 11.8 Å². The molecule has 0 aliphatic heterocycles. The van der Waals surface area contributed by atoms with E-state index in [1.165, 1.54) is 4.90 Å². The summed E-state index contributed by atoms with van der Waals surface area (Å²) in [6, 6.07) is 23.8. The van der Waals surface area contributed by atoms with E-state index in [1.54, 1.807) is 11.8 Å². The lowest BCUT2D eigenvalue weighted by molar-refractivity contribution is -0.115. The van der Waals surface area contributed by atoms with E-state index in [0.29, 0.717) is 6.42 Å². The number of nitrogens with one attached hydrogen (secondary N) is 2. The fourth-order valence-electron chi connectivity index (χ4n) is 3.13. The van der Waals surface area contributed by atoms with Crippen molar-refractivity contribution < 1.29 is 4.79 Å². The van der Waals surface area contributed by atoms with Crippen molar-refractivity contribution in [2.75, 3.05) is 11.1 Å². The number of para-hydroxylation sites is 3. The second kappa shape index (κ2) is 8.31. The molecule has 1 heterocycles. The topological polar surface area (TPSA) is 57.8 Å². The first-order chi connectivity index (χ1) is 13.7. The summed E-state index contributed by atoms with van der Waals surface area (Å²) in [7, 11) is 0. The molecular formula is C23H21N3OS. The third-order valence-corrected chi connectivity index (χ3v) is 5.34. The lowest BCUT2D eigenvalue weighted by Crippen LogP contribution is -2.15. The van der Waals surface area contributed by atoms with Gasteiger partial charge in [0.25, 0.3) is 0 Å². The summed E-state index contributed by atoms with van der Waals surface area (Å²) in [6.07, 6.45) is 0.339. The number of benzene rings is 3. The van der Waals surface area contributed by atoms with Crippen LogP contribution in [0.25, 0.3) is 22.4 Å². The first-order valence-corrected chi connectivity index (χ1v) is 10.3. The average Bonchev–Trinajstić information content (AvgIpc) is 3.14. The van der Waals surface area contributed by atoms with Gasteiger partial charge in [-0.3, -0.25) is 4.79 Å². The van der Waals surface area contributed by atoms with E-state index in [1.807, 2.05) is 60.7 Å². The van der Waals surface area contributed by atoms with Gasteiger partial charge in [0.15, 0.2) is 0 Å². The molecule has 1 aromatic heterocycles. The van der Waals surface area contributed by atoms with E-state index < -0.39 is 0 Å². The molecule has 0 spiro atoms. The Kier molecular flexibility index (Phi) is 5.44. The van der Waals surface area contributed by atoms with Crippen LogP contribution in [-0.2, 0) is 11.2 Å². The highest BCUT2D eigenvalue weighted by atomic mass is 32.2. The quantitative estimate of drug-likeness (QED) is 0.428. The van der Waals surface area contributed by atoms with E-state index >= 15 is 0 Å². The largest absolute Gasteiger partial charge is 0.338 e. The molecule has 0 radical (unpaired) electrons. The van der Waals surface area contributed by atoms with Crippen molar-refractivity contribution in [3.05, 3.63) is 78.4 Å². The van der Waals surface area contributed by atoms with Gasteiger partial charge in [0.1, 0.15) is 5.82 Å². The van der Waals surface area contributed by atoms with Crippen molar-refractivity contribution in [1.82, 2.24) is 9.97 Å². The Bertz CT molecular complexity index is 1070. The number of thioether (sulfide) groups is 1. The van der Waals surface area contributed by atoms with Crippen molar-refractivity contribution in [3.8, 4) is 11.4 Å². The number of carbonyl (C=O) groups excluding carboxylic acids is 1. The zero-order valence-electron chi connectivity index (χ0n) is 15.6. The van der Waals surface area contributed by atoms with E-state index in [2.05, 4.69) is 34.3 Å². The van der Waals surface area contributed by atoms with Crippen LogP contribution in [0.4, 0.5) is 5.69 Å². The van der Waals surface area contributed by atoms with Crippen molar-refractivity contribution in [3.63, 3.8) is 0 Å². The predicted molar refractivity (Wildman–Crippen MR) is 117 cm³/mol. The highest BCUT2D eigenvalue weighted by Crippen LogP contribution is 2.27. The minimum atomic E-state index is -0.0422. The number of nitrogens with zero attached hydrogens (tertiary/aromatic N) is 1. The minimum absolute atomic E-state index is 0.0422. The molecule has 0 atom stereocenters. The van der Waals surface area contributed by atoms with Gasteiger partial charge < -0.3 is 10.3 Å². The number of fused-ring (bicyclic) bond motifs is 1. The summed E-state index contributed by atoms with van der Waals surface area (Å²) in [5.41, 5.74) is 4.51. The van der Waals surface area contributed by atoms with Gasteiger partial charge in [0.05, 0.1) is 23.1 Å². The molecule has 3 aromatic carbocycles. The van der Waals surface area contributed by atoms with Crippen molar-refractivity contribution in [1.29, 1.82) is 0 Å². The lowest BCUT2D eigenvalue weighted by Gasteiger charge is -2.10. The average molecular weight is 388 g/mol. The van der Waals surface area contributed by atoms with E-state index in [9.17, 15) is 4.79 Å². The van der Waals surface area contributed by atoms with E-state index in [-0.39, 0.29) is 5.91 Å². The van der Waals surface area contributed by atoms with Crippen LogP contribution in [0.3, 0.4) is 0 Å². The molecule has 4 rings (SSSR count). The maximum atomic E-state index is 12.6. The molecule has 140 valence electrons. The number of anilines is 1. The monoisotopic (exact) mass is 387 g/mol. The van der Waals surface area contributed by atoms with Crippen LogP contribution in [0.5, 0.6) is 0 Å². The molecule has 0 unspecified atom stereocenters. The highest BCUT2D eigenvalue weighted by Gasteiger charge is 2.12. The Morgan fingerprint density at radius 2 is 1.75 bits per heavy atom. The molecule has 0 bridgehead atoms. The Hall–Kier alpha value is -3.05. The van der Waals surface area contributed by atoms with Crippen LogP contribution in [-0.4, -0.2) is 21.6 Å². The summed E-state index contributed by atoms with van der Waals surface area (Å²) in [6.45, 7) is 2.13. The van der Waals surface area contributed by atoms with Crippen LogP contribution in [0, 0.1) is 0 Å². The van der Waals surface area contributed by atoms with Crippen LogP contribution in [0.2, 0.25) is 0 Å². The van der Waals surface area contributed by atoms with Crippen LogP contribution in [0.1, 0.15) is 12.5 Å². The highest BCUT2D eigenvalue weighted by molar-refractivity contribution is 7.99. The number of hydrogen-bond acceptors (Lipinski definition) is 3. The first kappa shape index (κ1) is 18.3. The summed E-state index contributed by atoms with van der Waals surface area (Å²) in [4.78, 5) is 21.8. The third kappa shape index (κ3) is 4.10. The normalized spacial score (nSPS) is 10.9. The molecule has 5 heteroatoms. The van der Waals surface area contributed by atoms with Gasteiger partial charge in [-0.1, -0.05) is 43.3 Å². The molecule has 0 saturated heterocycles. The Morgan fingerprint density at radius 3 is 2.54 bits per heavy atom. The van der Waals surface area contributed by atoms with Crippen molar-refractivity contribution >= 4 is 34.4 Å². The van der Waals surface area contributed by atoms with Crippen molar-refractivity contribution in [2.45, 2.75) is 18.2 Å². The number of H-pyrrole nitrogens is 1. The second-order valence-corrected chi connectivity index (χ2v) is 7.79. The minimum Gasteiger partial charge on any atom is -0.338 e. The molecule has 2 N–H and O–H groups in total. The van der Waals surface area contributed by atoms with Gasteiger partial charge in [0.2, 0.25) is 5.91 Å². The van der Waals surface area contributed by atoms with Crippen LogP contribution < -0.4 is 5.32 Å². The van der Waals surface area contributed by atoms with Gasteiger partial charge >= 0.3 is 0 Å². The maximum Gasteiger partial charge on any atom is 0.228 e. The number of aromatic nitrogens is 2.